The Balaban J connectivity index is 3.09. The molecule has 0 heterocycles. The monoisotopic (exact) mass is 230 g/mol. The van der Waals surface area contributed by atoms with E-state index in [1.165, 1.54) is 0 Å². The molecule has 0 aromatic rings. The molecule has 0 aromatic carbocycles. The second-order valence-corrected chi connectivity index (χ2v) is 5.30. The summed E-state index contributed by atoms with van der Waals surface area (Å²) in [5.41, 5.74) is 0. The summed E-state index contributed by atoms with van der Waals surface area (Å²) in [7, 11) is 1.63. The highest BCUT2D eigenvalue weighted by molar-refractivity contribution is 8.13. The number of hydrogen-bond acceptors (Lipinski definition) is 4. The first-order valence-electron chi connectivity index (χ1n) is 4.14. The van der Waals surface area contributed by atoms with Gasteiger partial charge in [-0.2, -0.15) is 0 Å². The highest BCUT2D eigenvalue weighted by Gasteiger charge is 2.03. The Morgan fingerprint density at radius 1 is 1.15 bits per heavy atom. The van der Waals surface area contributed by atoms with Crippen molar-refractivity contribution in [2.24, 2.45) is 0 Å². The molecule has 0 saturated heterocycles. The minimum atomic E-state index is -3.36. The van der Waals surface area contributed by atoms with Gasteiger partial charge in [-0.3, -0.25) is 0 Å². The zero-order chi connectivity index (χ0) is 10.2. The van der Waals surface area contributed by atoms with Crippen molar-refractivity contribution in [1.29, 1.82) is 0 Å². The van der Waals surface area contributed by atoms with Crippen LogP contribution in [-0.4, -0.2) is 40.6 Å². The van der Waals surface area contributed by atoms with Gasteiger partial charge in [-0.05, 0) is 13.3 Å². The van der Waals surface area contributed by atoms with Gasteiger partial charge in [0.2, 0.25) is 9.05 Å². The molecule has 0 aliphatic rings. The van der Waals surface area contributed by atoms with Crippen LogP contribution in [0.5, 0.6) is 0 Å². The van der Waals surface area contributed by atoms with Gasteiger partial charge in [0.15, 0.2) is 0 Å². The molecule has 0 spiro atoms. The lowest BCUT2D eigenvalue weighted by Crippen LogP contribution is -2.07. The lowest BCUT2D eigenvalue weighted by Gasteiger charge is -2.02. The van der Waals surface area contributed by atoms with Gasteiger partial charge in [-0.1, -0.05) is 0 Å². The molecule has 0 N–H and O–H groups in total. The van der Waals surface area contributed by atoms with Gasteiger partial charge in [0.1, 0.15) is 0 Å². The average molecular weight is 231 g/mol. The van der Waals surface area contributed by atoms with Crippen LogP contribution in [0.4, 0.5) is 0 Å². The van der Waals surface area contributed by atoms with Crippen LogP contribution in [0.25, 0.3) is 0 Å². The van der Waals surface area contributed by atoms with Crippen LogP contribution in [0.3, 0.4) is 0 Å². The molecule has 0 amide bonds. The zero-order valence-corrected chi connectivity index (χ0v) is 9.23. The van der Waals surface area contributed by atoms with Crippen molar-refractivity contribution in [3.05, 3.63) is 0 Å². The summed E-state index contributed by atoms with van der Waals surface area (Å²) in [4.78, 5) is 0. The summed E-state index contributed by atoms with van der Waals surface area (Å²) in [6.45, 7) is 4.01. The van der Waals surface area contributed by atoms with Crippen LogP contribution < -0.4 is 0 Å². The van der Waals surface area contributed by atoms with Crippen LogP contribution in [0.1, 0.15) is 13.3 Å². The third-order valence-corrected chi connectivity index (χ3v) is 2.49. The summed E-state index contributed by atoms with van der Waals surface area (Å²) in [6, 6.07) is 0. The molecule has 0 radical (unpaired) electrons. The summed E-state index contributed by atoms with van der Waals surface area (Å²) in [6.07, 6.45) is 0.429. The van der Waals surface area contributed by atoms with Crippen LogP contribution in [-0.2, 0) is 18.5 Å². The quantitative estimate of drug-likeness (QED) is 0.461. The molecule has 0 rings (SSSR count). The predicted molar refractivity (Wildman–Crippen MR) is 51.6 cm³/mol. The van der Waals surface area contributed by atoms with Crippen molar-refractivity contribution in [2.45, 2.75) is 13.3 Å². The third kappa shape index (κ3) is 12.2. The molecule has 4 nitrogen and oxygen atoms in total. The maximum atomic E-state index is 10.5. The smallest absolute Gasteiger partial charge is 0.232 e. The number of ether oxygens (including phenoxy) is 2. The first-order chi connectivity index (χ1) is 6.06. The second kappa shape index (κ2) is 7.55. The third-order valence-electron chi connectivity index (χ3n) is 1.25. The highest BCUT2D eigenvalue weighted by atomic mass is 35.7. The van der Waals surface area contributed by atoms with Crippen molar-refractivity contribution in [1.82, 2.24) is 0 Å². The van der Waals surface area contributed by atoms with Crippen molar-refractivity contribution in [3.63, 3.8) is 0 Å². The Morgan fingerprint density at radius 3 is 2.31 bits per heavy atom. The van der Waals surface area contributed by atoms with Crippen LogP contribution in [0.15, 0.2) is 0 Å². The maximum absolute atomic E-state index is 10.5. The lowest BCUT2D eigenvalue weighted by atomic mass is 10.5. The molecular formula is C7H15ClO4S. The fourth-order valence-corrected chi connectivity index (χ4v) is 1.49. The molecule has 13 heavy (non-hydrogen) atoms. The SMILES string of the molecule is CCOCCOCCCS(=O)(=O)Cl. The molecular weight excluding hydrogens is 216 g/mol. The van der Waals surface area contributed by atoms with Crippen molar-refractivity contribution in [2.75, 3.05) is 32.2 Å². The Hall–Kier alpha value is 0.160. The number of rotatable bonds is 8. The Bertz CT molecular complexity index is 203. The van der Waals surface area contributed by atoms with E-state index in [0.29, 0.717) is 32.8 Å². The van der Waals surface area contributed by atoms with E-state index in [1.54, 1.807) is 0 Å². The molecule has 6 heteroatoms. The van der Waals surface area contributed by atoms with Gasteiger partial charge >= 0.3 is 0 Å². The van der Waals surface area contributed by atoms with Crippen LogP contribution in [0.2, 0.25) is 0 Å². The maximum Gasteiger partial charge on any atom is 0.232 e. The van der Waals surface area contributed by atoms with E-state index in [0.717, 1.165) is 0 Å². The number of hydrogen-bond donors (Lipinski definition) is 0. The van der Waals surface area contributed by atoms with Crippen molar-refractivity contribution < 1.29 is 17.9 Å². The van der Waals surface area contributed by atoms with Gasteiger partial charge < -0.3 is 9.47 Å². The molecule has 0 aromatic heterocycles. The van der Waals surface area contributed by atoms with E-state index in [9.17, 15) is 8.42 Å². The van der Waals surface area contributed by atoms with E-state index in [2.05, 4.69) is 0 Å². The first kappa shape index (κ1) is 13.2. The Labute approximate surface area is 83.6 Å². The van der Waals surface area contributed by atoms with Gasteiger partial charge in [0.25, 0.3) is 0 Å². The van der Waals surface area contributed by atoms with E-state index in [1.807, 2.05) is 6.92 Å². The predicted octanol–water partition coefficient (Wildman–Crippen LogP) is 0.998. The Morgan fingerprint density at radius 2 is 1.77 bits per heavy atom. The molecule has 80 valence electrons. The molecule has 0 atom stereocenters. The van der Waals surface area contributed by atoms with E-state index in [4.69, 9.17) is 20.2 Å². The topological polar surface area (TPSA) is 52.6 Å². The van der Waals surface area contributed by atoms with Crippen LogP contribution in [0, 0.1) is 0 Å². The minimum Gasteiger partial charge on any atom is -0.379 e. The summed E-state index contributed by atoms with van der Waals surface area (Å²) in [5.74, 6) is -0.0385. The van der Waals surface area contributed by atoms with E-state index < -0.39 is 9.05 Å². The van der Waals surface area contributed by atoms with Gasteiger partial charge in [0, 0.05) is 23.9 Å². The molecule has 0 aliphatic heterocycles. The molecule has 0 fully saturated rings. The average Bonchev–Trinajstić information content (AvgIpc) is 2.01. The lowest BCUT2D eigenvalue weighted by molar-refractivity contribution is 0.0533. The van der Waals surface area contributed by atoms with Gasteiger partial charge in [-0.25, -0.2) is 8.42 Å². The fraction of sp³-hybridized carbons (Fsp3) is 1.00. The summed E-state index contributed by atoms with van der Waals surface area (Å²) < 4.78 is 31.0. The van der Waals surface area contributed by atoms with Gasteiger partial charge in [0.05, 0.1) is 19.0 Å². The minimum absolute atomic E-state index is 0.0385. The summed E-state index contributed by atoms with van der Waals surface area (Å²) in [5, 5.41) is 0. The van der Waals surface area contributed by atoms with E-state index >= 15 is 0 Å². The molecule has 0 bridgehead atoms. The van der Waals surface area contributed by atoms with Crippen LogP contribution >= 0.6 is 10.7 Å². The van der Waals surface area contributed by atoms with Gasteiger partial charge in [-0.15, -0.1) is 0 Å². The largest absolute Gasteiger partial charge is 0.379 e. The molecule has 0 saturated carbocycles. The van der Waals surface area contributed by atoms with E-state index in [-0.39, 0.29) is 5.75 Å². The molecule has 0 unspecified atom stereocenters. The normalized spacial score (nSPS) is 11.8. The highest BCUT2D eigenvalue weighted by Crippen LogP contribution is 1.98. The van der Waals surface area contributed by atoms with Crippen molar-refractivity contribution >= 4 is 19.7 Å². The first-order valence-corrected chi connectivity index (χ1v) is 6.62. The Kier molecular flexibility index (Phi) is 7.65. The zero-order valence-electron chi connectivity index (χ0n) is 7.66. The summed E-state index contributed by atoms with van der Waals surface area (Å²) >= 11 is 0. The second-order valence-electron chi connectivity index (χ2n) is 2.41. The van der Waals surface area contributed by atoms with Crippen molar-refractivity contribution in [3.8, 4) is 0 Å². The molecule has 0 aliphatic carbocycles. The fourth-order valence-electron chi connectivity index (χ4n) is 0.698. The standard InChI is InChI=1S/C7H15ClO4S/c1-2-11-5-6-12-4-3-7-13(8,9)10/h2-7H2,1H3. The number of halogens is 1.